The van der Waals surface area contributed by atoms with Gasteiger partial charge in [0.05, 0.1) is 16.7 Å². The molecular weight excluding hydrogens is 348 g/mol. The second-order valence-corrected chi connectivity index (χ2v) is 5.85. The van der Waals surface area contributed by atoms with Crippen molar-refractivity contribution in [1.29, 1.82) is 0 Å². The topological polar surface area (TPSA) is 132 Å². The lowest BCUT2D eigenvalue weighted by molar-refractivity contribution is -0.126. The van der Waals surface area contributed by atoms with Crippen LogP contribution < -0.4 is 16.3 Å². The van der Waals surface area contributed by atoms with Gasteiger partial charge in [-0.25, -0.2) is 4.79 Å². The number of ketones is 1. The van der Waals surface area contributed by atoms with Crippen LogP contribution in [-0.2, 0) is 9.59 Å². The van der Waals surface area contributed by atoms with Crippen LogP contribution >= 0.6 is 0 Å². The van der Waals surface area contributed by atoms with Crippen LogP contribution in [0.5, 0.6) is 0 Å². The Morgan fingerprint density at radius 3 is 2.33 bits per heavy atom. The average Bonchev–Trinajstić information content (AvgIpc) is 3.01. The van der Waals surface area contributed by atoms with Gasteiger partial charge in [0.1, 0.15) is 0 Å². The summed E-state index contributed by atoms with van der Waals surface area (Å²) in [5.41, 5.74) is 2.69. The quantitative estimate of drug-likeness (QED) is 0.394. The molecule has 1 atom stereocenters. The molecule has 0 fully saturated rings. The van der Waals surface area contributed by atoms with Gasteiger partial charge < -0.3 is 20.6 Å². The first-order valence-corrected chi connectivity index (χ1v) is 8.18. The summed E-state index contributed by atoms with van der Waals surface area (Å²) in [6.07, 6.45) is 0. The van der Waals surface area contributed by atoms with Gasteiger partial charge in [-0.05, 0) is 49.4 Å². The zero-order valence-corrected chi connectivity index (χ0v) is 14.7. The molecule has 1 heterocycles. The number of carbonyl (C=O) groups excluding carboxylic acids is 2. The number of aromatic amines is 2. The number of hydrogen-bond acceptors (Lipinski definition) is 6. The van der Waals surface area contributed by atoms with Gasteiger partial charge in [-0.2, -0.15) is 10.2 Å². The van der Waals surface area contributed by atoms with Crippen molar-refractivity contribution in [2.75, 3.05) is 17.7 Å². The summed E-state index contributed by atoms with van der Waals surface area (Å²) in [5, 5.41) is 13.5. The molecule has 1 unspecified atom stereocenters. The molecule has 4 N–H and O–H groups in total. The first-order valence-electron chi connectivity index (χ1n) is 8.18. The van der Waals surface area contributed by atoms with E-state index in [0.29, 0.717) is 22.4 Å². The summed E-state index contributed by atoms with van der Waals surface area (Å²) < 4.78 is 0. The van der Waals surface area contributed by atoms with Crippen LogP contribution in [0.2, 0.25) is 0 Å². The lowest BCUT2D eigenvalue weighted by Crippen LogP contribution is -2.31. The number of benzene rings is 2. The first kappa shape index (κ1) is 18.1. The smallest absolute Gasteiger partial charge is 0.323 e. The number of Topliss-reactive ketones (excluding diaryl/α,β-unsaturated/α-hetero) is 1. The van der Waals surface area contributed by atoms with Crippen LogP contribution in [0.3, 0.4) is 0 Å². The molecule has 1 amide bonds. The third-order valence-electron chi connectivity index (χ3n) is 3.86. The van der Waals surface area contributed by atoms with Gasteiger partial charge >= 0.3 is 5.69 Å². The summed E-state index contributed by atoms with van der Waals surface area (Å²) in [7, 11) is 1.80. The highest BCUT2D eigenvalue weighted by atomic mass is 16.2. The predicted octanol–water partition coefficient (Wildman–Crippen LogP) is 2.58. The number of anilines is 2. The van der Waals surface area contributed by atoms with E-state index in [1.807, 2.05) is 12.1 Å². The van der Waals surface area contributed by atoms with Gasteiger partial charge in [-0.15, -0.1) is 0 Å². The Labute approximate surface area is 153 Å². The first-order chi connectivity index (χ1) is 13.0. The number of nitrogens with one attached hydrogen (secondary N) is 4. The molecule has 9 nitrogen and oxygen atoms in total. The van der Waals surface area contributed by atoms with E-state index in [1.165, 1.54) is 6.92 Å². The van der Waals surface area contributed by atoms with Gasteiger partial charge in [0.15, 0.2) is 5.78 Å². The lowest BCUT2D eigenvalue weighted by Gasteiger charge is -2.09. The molecule has 1 aromatic heterocycles. The number of nitrogens with zero attached hydrogens (tertiary/aromatic N) is 2. The van der Waals surface area contributed by atoms with Crippen molar-refractivity contribution < 1.29 is 9.59 Å². The molecule has 138 valence electrons. The summed E-state index contributed by atoms with van der Waals surface area (Å²) in [6.45, 7) is 1.28. The number of rotatable bonds is 6. The summed E-state index contributed by atoms with van der Waals surface area (Å²) in [6, 6.07) is 10.7. The Morgan fingerprint density at radius 1 is 1.00 bits per heavy atom. The van der Waals surface area contributed by atoms with Gasteiger partial charge in [-0.1, -0.05) is 0 Å². The highest BCUT2D eigenvalue weighted by molar-refractivity contribution is 6.10. The van der Waals surface area contributed by atoms with Gasteiger partial charge in [-0.3, -0.25) is 9.59 Å². The SMILES string of the molecule is CNc1ccc(N=NC(C(C)=O)C(=O)Nc2ccc3[nH]c(=O)[nH]c3c2)cc1. The molecule has 0 aliphatic rings. The number of fused-ring (bicyclic) bond motifs is 1. The molecule has 0 saturated carbocycles. The number of azo groups is 1. The molecular formula is C18H18N6O3. The number of imidazole rings is 1. The molecule has 0 aliphatic heterocycles. The third kappa shape index (κ3) is 4.27. The zero-order valence-electron chi connectivity index (χ0n) is 14.7. The highest BCUT2D eigenvalue weighted by Crippen LogP contribution is 2.18. The lowest BCUT2D eigenvalue weighted by atomic mass is 10.2. The monoisotopic (exact) mass is 366 g/mol. The molecule has 3 aromatic rings. The van der Waals surface area contributed by atoms with E-state index >= 15 is 0 Å². The fourth-order valence-corrected chi connectivity index (χ4v) is 2.46. The molecule has 27 heavy (non-hydrogen) atoms. The predicted molar refractivity (Wildman–Crippen MR) is 103 cm³/mol. The molecule has 2 aromatic carbocycles. The molecule has 0 spiro atoms. The standard InChI is InChI=1S/C18H18N6O3/c1-10(25)16(24-23-12-5-3-11(19-2)4-6-12)17(26)20-13-7-8-14-15(9-13)22-18(27)21-14/h3-9,16,19H,1-2H3,(H,20,26)(H2,21,22,27). The summed E-state index contributed by atoms with van der Waals surface area (Å²) in [5.74, 6) is -1.03. The van der Waals surface area contributed by atoms with E-state index in [9.17, 15) is 14.4 Å². The Bertz CT molecular complexity index is 1060. The maximum absolute atomic E-state index is 12.4. The Balaban J connectivity index is 1.76. The number of carbonyl (C=O) groups is 2. The summed E-state index contributed by atoms with van der Waals surface area (Å²) in [4.78, 5) is 40.8. The number of aromatic nitrogens is 2. The van der Waals surface area contributed by atoms with Crippen molar-refractivity contribution >= 4 is 39.8 Å². The van der Waals surface area contributed by atoms with E-state index < -0.39 is 17.7 Å². The van der Waals surface area contributed by atoms with E-state index in [2.05, 4.69) is 30.8 Å². The second kappa shape index (κ2) is 7.65. The van der Waals surface area contributed by atoms with Crippen molar-refractivity contribution in [3.63, 3.8) is 0 Å². The fraction of sp³-hybridized carbons (Fsp3) is 0.167. The van der Waals surface area contributed by atoms with Crippen molar-refractivity contribution in [2.24, 2.45) is 10.2 Å². The van der Waals surface area contributed by atoms with Crippen LogP contribution in [-0.4, -0.2) is 34.7 Å². The molecule has 0 saturated heterocycles. The van der Waals surface area contributed by atoms with Crippen LogP contribution in [0.1, 0.15) is 6.92 Å². The Morgan fingerprint density at radius 2 is 1.67 bits per heavy atom. The number of amides is 1. The zero-order chi connectivity index (χ0) is 19.4. The van der Waals surface area contributed by atoms with Crippen LogP contribution in [0.25, 0.3) is 11.0 Å². The number of hydrogen-bond donors (Lipinski definition) is 4. The third-order valence-corrected chi connectivity index (χ3v) is 3.86. The molecule has 3 rings (SSSR count). The fourth-order valence-electron chi connectivity index (χ4n) is 2.46. The number of H-pyrrole nitrogens is 2. The van der Waals surface area contributed by atoms with Gasteiger partial charge in [0.25, 0.3) is 5.91 Å². The Hall–Kier alpha value is -3.75. The highest BCUT2D eigenvalue weighted by Gasteiger charge is 2.23. The molecule has 0 radical (unpaired) electrons. The van der Waals surface area contributed by atoms with Crippen molar-refractivity contribution in [1.82, 2.24) is 9.97 Å². The van der Waals surface area contributed by atoms with E-state index in [4.69, 9.17) is 0 Å². The maximum atomic E-state index is 12.4. The Kier molecular flexibility index (Phi) is 5.11. The van der Waals surface area contributed by atoms with Crippen LogP contribution in [0.15, 0.2) is 57.5 Å². The molecule has 0 aliphatic carbocycles. The van der Waals surface area contributed by atoms with Crippen molar-refractivity contribution in [3.05, 3.63) is 52.9 Å². The van der Waals surface area contributed by atoms with E-state index in [-0.39, 0.29) is 5.69 Å². The normalized spacial score (nSPS) is 12.2. The minimum absolute atomic E-state index is 0.340. The largest absolute Gasteiger partial charge is 0.388 e. The minimum Gasteiger partial charge on any atom is -0.388 e. The molecule has 9 heteroatoms. The minimum atomic E-state index is -1.27. The molecule has 0 bridgehead atoms. The van der Waals surface area contributed by atoms with Crippen LogP contribution in [0.4, 0.5) is 17.1 Å². The average molecular weight is 366 g/mol. The van der Waals surface area contributed by atoms with Crippen molar-refractivity contribution in [2.45, 2.75) is 13.0 Å². The van der Waals surface area contributed by atoms with Crippen LogP contribution in [0, 0.1) is 0 Å². The van der Waals surface area contributed by atoms with E-state index in [0.717, 1.165) is 5.69 Å². The second-order valence-electron chi connectivity index (χ2n) is 5.85. The van der Waals surface area contributed by atoms with Gasteiger partial charge in [0, 0.05) is 18.4 Å². The van der Waals surface area contributed by atoms with Crippen molar-refractivity contribution in [3.8, 4) is 0 Å². The summed E-state index contributed by atoms with van der Waals surface area (Å²) >= 11 is 0. The van der Waals surface area contributed by atoms with E-state index in [1.54, 1.807) is 37.4 Å². The maximum Gasteiger partial charge on any atom is 0.323 e. The van der Waals surface area contributed by atoms with Gasteiger partial charge in [0.2, 0.25) is 6.04 Å².